The van der Waals surface area contributed by atoms with Crippen LogP contribution in [0.5, 0.6) is 5.75 Å². The lowest BCUT2D eigenvalue weighted by Gasteiger charge is -2.28. The molecule has 2 heterocycles. The number of carbonyl (C=O) groups is 2. The zero-order valence-corrected chi connectivity index (χ0v) is 13.0. The van der Waals surface area contributed by atoms with Crippen LogP contribution in [0.25, 0.3) is 0 Å². The molecule has 6 nitrogen and oxygen atoms in total. The summed E-state index contributed by atoms with van der Waals surface area (Å²) in [5.41, 5.74) is -0.0292. The maximum Gasteiger partial charge on any atom is 0.310 e. The zero-order chi connectivity index (χ0) is 16.6. The maximum atomic E-state index is 12.6. The summed E-state index contributed by atoms with van der Waals surface area (Å²) in [4.78, 5) is 24.1. The van der Waals surface area contributed by atoms with Gasteiger partial charge in [-0.2, -0.15) is 0 Å². The molecule has 1 saturated heterocycles. The lowest BCUT2D eigenvalue weighted by molar-refractivity contribution is -0.147. The molecule has 1 aromatic carbocycles. The fraction of sp³-hybridized carbons (Fsp3) is 0.412. The molecule has 2 N–H and O–H groups in total. The van der Waals surface area contributed by atoms with Crippen molar-refractivity contribution in [2.24, 2.45) is 11.8 Å². The number of aliphatic carboxylic acids is 1. The van der Waals surface area contributed by atoms with Gasteiger partial charge in [0.25, 0.3) is 0 Å². The quantitative estimate of drug-likeness (QED) is 0.801. The largest absolute Gasteiger partial charge is 0.496 e. The first-order chi connectivity index (χ1) is 11.0. The van der Waals surface area contributed by atoms with Crippen molar-refractivity contribution in [3.63, 3.8) is 0 Å². The zero-order valence-electron chi connectivity index (χ0n) is 13.0. The number of methoxy groups -OCH3 is 1. The van der Waals surface area contributed by atoms with Gasteiger partial charge in [0.2, 0.25) is 5.91 Å². The first-order valence-electron chi connectivity index (χ1n) is 7.46. The normalized spacial score (nSPS) is 31.1. The highest BCUT2D eigenvalue weighted by molar-refractivity contribution is 5.88. The smallest absolute Gasteiger partial charge is 0.310 e. The van der Waals surface area contributed by atoms with Crippen molar-refractivity contribution in [3.05, 3.63) is 42.0 Å². The Labute approximate surface area is 134 Å². The molecule has 122 valence electrons. The van der Waals surface area contributed by atoms with Crippen LogP contribution >= 0.6 is 0 Å². The molecule has 2 aliphatic rings. The average Bonchev–Trinajstić information content (AvgIpc) is 3.06. The lowest BCUT2D eigenvalue weighted by atomic mass is 9.75. The molecule has 3 rings (SSSR count). The Balaban J connectivity index is 1.75. The van der Waals surface area contributed by atoms with Crippen LogP contribution in [0, 0.1) is 11.8 Å². The molecule has 2 bridgehead atoms. The van der Waals surface area contributed by atoms with Crippen LogP contribution in [0.15, 0.2) is 36.4 Å². The van der Waals surface area contributed by atoms with Gasteiger partial charge >= 0.3 is 5.97 Å². The topological polar surface area (TPSA) is 84.9 Å². The molecule has 0 spiro atoms. The second-order valence-electron chi connectivity index (χ2n) is 6.00. The minimum absolute atomic E-state index is 0.274. The first-order valence-corrected chi connectivity index (χ1v) is 7.46. The molecular weight excluding hydrogens is 298 g/mol. The van der Waals surface area contributed by atoms with Gasteiger partial charge in [-0.15, -0.1) is 0 Å². The van der Waals surface area contributed by atoms with E-state index < -0.39 is 29.5 Å². The second-order valence-corrected chi connectivity index (χ2v) is 6.00. The van der Waals surface area contributed by atoms with E-state index in [9.17, 15) is 14.7 Å². The summed E-state index contributed by atoms with van der Waals surface area (Å²) >= 11 is 0. The second kappa shape index (κ2) is 5.70. The summed E-state index contributed by atoms with van der Waals surface area (Å²) in [6.45, 7) is 2.02. The van der Waals surface area contributed by atoms with Crippen molar-refractivity contribution >= 4 is 11.9 Å². The van der Waals surface area contributed by atoms with E-state index in [1.54, 1.807) is 26.2 Å². The van der Waals surface area contributed by atoms with E-state index in [-0.39, 0.29) is 12.5 Å². The summed E-state index contributed by atoms with van der Waals surface area (Å²) in [5, 5.41) is 12.2. The Morgan fingerprint density at radius 3 is 2.83 bits per heavy atom. The molecular formula is C17H19NO5. The van der Waals surface area contributed by atoms with Gasteiger partial charge in [-0.3, -0.25) is 9.59 Å². The molecule has 1 aromatic rings. The number of benzene rings is 1. The Hall–Kier alpha value is -2.34. The van der Waals surface area contributed by atoms with Gasteiger partial charge in [0, 0.05) is 12.1 Å². The van der Waals surface area contributed by atoms with Gasteiger partial charge in [-0.1, -0.05) is 30.4 Å². The third-order valence-corrected chi connectivity index (χ3v) is 4.55. The fourth-order valence-corrected chi connectivity index (χ4v) is 3.42. The van der Waals surface area contributed by atoms with Crippen LogP contribution < -0.4 is 10.1 Å². The first kappa shape index (κ1) is 15.6. The predicted octanol–water partition coefficient (Wildman–Crippen LogP) is 1.36. The fourth-order valence-electron chi connectivity index (χ4n) is 3.42. The highest BCUT2D eigenvalue weighted by atomic mass is 16.5. The predicted molar refractivity (Wildman–Crippen MR) is 81.9 cm³/mol. The molecule has 4 atom stereocenters. The van der Waals surface area contributed by atoms with E-state index in [0.717, 1.165) is 5.56 Å². The monoisotopic (exact) mass is 317 g/mol. The Morgan fingerprint density at radius 1 is 1.39 bits per heavy atom. The average molecular weight is 317 g/mol. The van der Waals surface area contributed by atoms with E-state index in [2.05, 4.69) is 5.32 Å². The van der Waals surface area contributed by atoms with E-state index in [4.69, 9.17) is 9.47 Å². The number of hydrogen-bond donors (Lipinski definition) is 2. The number of para-hydroxylation sites is 1. The van der Waals surface area contributed by atoms with Gasteiger partial charge in [0.15, 0.2) is 0 Å². The van der Waals surface area contributed by atoms with Crippen molar-refractivity contribution in [1.82, 2.24) is 5.32 Å². The summed E-state index contributed by atoms with van der Waals surface area (Å²) < 4.78 is 10.9. The van der Waals surface area contributed by atoms with Crippen molar-refractivity contribution in [2.45, 2.75) is 25.2 Å². The number of carboxylic acids is 1. The molecule has 1 fully saturated rings. The number of carbonyl (C=O) groups excluding carboxylic acids is 1. The number of amides is 1. The number of ether oxygens (including phenoxy) is 2. The van der Waals surface area contributed by atoms with Crippen molar-refractivity contribution in [1.29, 1.82) is 0 Å². The van der Waals surface area contributed by atoms with Crippen LogP contribution in [-0.4, -0.2) is 35.8 Å². The number of hydrogen-bond acceptors (Lipinski definition) is 4. The molecule has 6 heteroatoms. The molecule has 0 aromatic heterocycles. The minimum Gasteiger partial charge on any atom is -0.496 e. The molecule has 0 saturated carbocycles. The maximum absolute atomic E-state index is 12.6. The molecule has 23 heavy (non-hydrogen) atoms. The summed E-state index contributed by atoms with van der Waals surface area (Å²) in [7, 11) is 1.57. The van der Waals surface area contributed by atoms with Crippen molar-refractivity contribution < 1.29 is 24.2 Å². The molecule has 0 unspecified atom stereocenters. The highest BCUT2D eigenvalue weighted by Gasteiger charge is 2.59. The van der Waals surface area contributed by atoms with Crippen LogP contribution in [0.3, 0.4) is 0 Å². The van der Waals surface area contributed by atoms with Crippen LogP contribution in [0.2, 0.25) is 0 Å². The molecule has 0 radical (unpaired) electrons. The van der Waals surface area contributed by atoms with Gasteiger partial charge < -0.3 is 19.9 Å². The Bertz CT molecular complexity index is 671. The van der Waals surface area contributed by atoms with Crippen LogP contribution in [-0.2, 0) is 20.9 Å². The molecule has 0 aliphatic carbocycles. The van der Waals surface area contributed by atoms with Crippen molar-refractivity contribution in [2.75, 3.05) is 7.11 Å². The van der Waals surface area contributed by atoms with E-state index >= 15 is 0 Å². The van der Waals surface area contributed by atoms with Gasteiger partial charge in [0.05, 0.1) is 24.7 Å². The van der Waals surface area contributed by atoms with E-state index in [0.29, 0.717) is 5.75 Å². The summed E-state index contributed by atoms with van der Waals surface area (Å²) in [6, 6.07) is 7.37. The highest BCUT2D eigenvalue weighted by Crippen LogP contribution is 2.47. The summed E-state index contributed by atoms with van der Waals surface area (Å²) in [5.74, 6) is -2.26. The van der Waals surface area contributed by atoms with Crippen LogP contribution in [0.4, 0.5) is 0 Å². The molecule has 1 amide bonds. The van der Waals surface area contributed by atoms with E-state index in [1.807, 2.05) is 24.3 Å². The Kier molecular flexibility index (Phi) is 3.85. The third kappa shape index (κ3) is 2.59. The van der Waals surface area contributed by atoms with Gasteiger partial charge in [0.1, 0.15) is 11.7 Å². The summed E-state index contributed by atoms with van der Waals surface area (Å²) in [6.07, 6.45) is 2.97. The Morgan fingerprint density at radius 2 is 2.13 bits per heavy atom. The van der Waals surface area contributed by atoms with Gasteiger partial charge in [-0.05, 0) is 13.0 Å². The van der Waals surface area contributed by atoms with Crippen molar-refractivity contribution in [3.8, 4) is 5.75 Å². The number of nitrogens with one attached hydrogen (secondary N) is 1. The van der Waals surface area contributed by atoms with Crippen LogP contribution in [0.1, 0.15) is 12.5 Å². The standard InChI is InChI=1S/C17H19NO5/c1-17-8-7-12(23-17)13(16(20)21)14(17)15(19)18-9-10-5-3-4-6-11(10)22-2/h3-8,12-14H,9H2,1-2H3,(H,18,19)(H,20,21)/t12-,13-,14+,17-/m1/s1. The molecule has 2 aliphatic heterocycles. The SMILES string of the molecule is COc1ccccc1CNC(=O)[C@@H]1[C@H](C(=O)O)[C@H]2C=C[C@@]1(C)O2. The van der Waals surface area contributed by atoms with E-state index in [1.165, 1.54) is 0 Å². The number of rotatable bonds is 5. The third-order valence-electron chi connectivity index (χ3n) is 4.55. The minimum atomic E-state index is -1.01. The number of fused-ring (bicyclic) bond motifs is 2. The number of carboxylic acid groups (broad SMARTS) is 1. The lowest BCUT2D eigenvalue weighted by Crippen LogP contribution is -2.46. The van der Waals surface area contributed by atoms with Gasteiger partial charge in [-0.25, -0.2) is 0 Å².